The molecular weight excluding hydrogens is 364 g/mol. The lowest BCUT2D eigenvalue weighted by Gasteiger charge is -2.17. The van der Waals surface area contributed by atoms with E-state index in [4.69, 9.17) is 12.2 Å². The lowest BCUT2D eigenvalue weighted by atomic mass is 10.00. The molecule has 1 rings (SSSR count). The summed E-state index contributed by atoms with van der Waals surface area (Å²) in [4.78, 5) is 12.0. The Kier molecular flexibility index (Phi) is 8.73. The lowest BCUT2D eigenvalue weighted by Crippen LogP contribution is -2.47. The van der Waals surface area contributed by atoms with E-state index < -0.39 is 14.9 Å². The van der Waals surface area contributed by atoms with Crippen LogP contribution in [0.3, 0.4) is 0 Å². The van der Waals surface area contributed by atoms with Crippen molar-refractivity contribution in [3.8, 4) is 0 Å². The maximum atomic E-state index is 12.2. The van der Waals surface area contributed by atoms with Gasteiger partial charge in [-0.25, -0.2) is 8.42 Å². The standard InChI is InChI=1S/C15H24N4O4S2/c1-3-5-7-12(4-2)11-16-15(24)17-18-25(22,23)14-9-6-8-13(10-14)19(20)21/h6,8-10,12,18H,3-5,7,11H2,1-2H3,(H2,16,17,24)/t12-/m0/s1. The number of nitro benzene ring substituents is 1. The second kappa shape index (κ2) is 10.3. The third-order valence-electron chi connectivity index (χ3n) is 3.73. The normalized spacial score (nSPS) is 12.4. The first-order valence-electron chi connectivity index (χ1n) is 8.10. The van der Waals surface area contributed by atoms with Gasteiger partial charge < -0.3 is 5.32 Å². The van der Waals surface area contributed by atoms with Crippen LogP contribution in [0.5, 0.6) is 0 Å². The first kappa shape index (κ1) is 21.3. The second-order valence-electron chi connectivity index (χ2n) is 5.61. The van der Waals surface area contributed by atoms with Gasteiger partial charge >= 0.3 is 0 Å². The van der Waals surface area contributed by atoms with E-state index in [2.05, 4.69) is 29.4 Å². The van der Waals surface area contributed by atoms with E-state index in [1.165, 1.54) is 18.2 Å². The van der Waals surface area contributed by atoms with Gasteiger partial charge in [-0.2, -0.15) is 0 Å². The number of unbranched alkanes of at least 4 members (excludes halogenated alkanes) is 1. The number of hydrazine groups is 1. The van der Waals surface area contributed by atoms with Crippen molar-refractivity contribution in [3.63, 3.8) is 0 Å². The predicted molar refractivity (Wildman–Crippen MR) is 100 cm³/mol. The molecule has 0 saturated carbocycles. The number of thiocarbonyl (C=S) groups is 1. The van der Waals surface area contributed by atoms with Crippen molar-refractivity contribution >= 4 is 33.0 Å². The van der Waals surface area contributed by atoms with Crippen molar-refractivity contribution in [2.24, 2.45) is 5.92 Å². The van der Waals surface area contributed by atoms with E-state index in [1.807, 2.05) is 0 Å². The molecule has 25 heavy (non-hydrogen) atoms. The molecule has 0 radical (unpaired) electrons. The van der Waals surface area contributed by atoms with Gasteiger partial charge in [-0.15, -0.1) is 4.83 Å². The van der Waals surface area contributed by atoms with Crippen LogP contribution in [0.2, 0.25) is 0 Å². The number of hydrogen-bond acceptors (Lipinski definition) is 5. The minimum Gasteiger partial charge on any atom is -0.361 e. The topological polar surface area (TPSA) is 113 Å². The molecule has 3 N–H and O–H groups in total. The Morgan fingerprint density at radius 3 is 2.68 bits per heavy atom. The summed E-state index contributed by atoms with van der Waals surface area (Å²) in [6, 6.07) is 4.78. The zero-order valence-electron chi connectivity index (χ0n) is 14.3. The molecule has 0 bridgehead atoms. The molecule has 0 fully saturated rings. The molecule has 0 spiro atoms. The van der Waals surface area contributed by atoms with Gasteiger partial charge in [0.05, 0.1) is 9.82 Å². The van der Waals surface area contributed by atoms with Crippen LogP contribution in [-0.2, 0) is 10.0 Å². The first-order valence-corrected chi connectivity index (χ1v) is 9.99. The average molecular weight is 389 g/mol. The summed E-state index contributed by atoms with van der Waals surface area (Å²) in [5, 5.41) is 13.9. The van der Waals surface area contributed by atoms with Gasteiger partial charge in [0.15, 0.2) is 5.11 Å². The molecular formula is C15H24N4O4S2. The number of benzene rings is 1. The molecule has 0 heterocycles. The summed E-state index contributed by atoms with van der Waals surface area (Å²) in [7, 11) is -3.96. The molecule has 0 aliphatic rings. The first-order chi connectivity index (χ1) is 11.8. The number of nitrogens with one attached hydrogen (secondary N) is 3. The zero-order valence-corrected chi connectivity index (χ0v) is 16.0. The van der Waals surface area contributed by atoms with E-state index in [-0.39, 0.29) is 15.7 Å². The monoisotopic (exact) mass is 388 g/mol. The predicted octanol–water partition coefficient (Wildman–Crippen LogP) is 2.47. The molecule has 0 aliphatic heterocycles. The van der Waals surface area contributed by atoms with Crippen molar-refractivity contribution < 1.29 is 13.3 Å². The molecule has 0 amide bonds. The number of non-ortho nitro benzene ring substituents is 1. The zero-order chi connectivity index (χ0) is 18.9. The number of sulfonamides is 1. The third-order valence-corrected chi connectivity index (χ3v) is 5.22. The summed E-state index contributed by atoms with van der Waals surface area (Å²) in [5.41, 5.74) is 2.12. The van der Waals surface area contributed by atoms with E-state index in [1.54, 1.807) is 0 Å². The Morgan fingerprint density at radius 2 is 2.08 bits per heavy atom. The van der Waals surface area contributed by atoms with Gasteiger partial charge in [0.2, 0.25) is 0 Å². The van der Waals surface area contributed by atoms with Crippen LogP contribution in [0.1, 0.15) is 39.5 Å². The van der Waals surface area contributed by atoms with Crippen LogP contribution in [0.15, 0.2) is 29.2 Å². The minimum atomic E-state index is -3.96. The van der Waals surface area contributed by atoms with Gasteiger partial charge in [0.1, 0.15) is 0 Å². The lowest BCUT2D eigenvalue weighted by molar-refractivity contribution is -0.385. The molecule has 0 aliphatic carbocycles. The van der Waals surface area contributed by atoms with Crippen LogP contribution in [0, 0.1) is 16.0 Å². The molecule has 1 aromatic carbocycles. The van der Waals surface area contributed by atoms with E-state index >= 15 is 0 Å². The highest BCUT2D eigenvalue weighted by Crippen LogP contribution is 2.16. The number of nitro groups is 1. The van der Waals surface area contributed by atoms with Crippen LogP contribution in [-0.4, -0.2) is 25.0 Å². The van der Waals surface area contributed by atoms with Gasteiger partial charge in [0, 0.05) is 18.7 Å². The summed E-state index contributed by atoms with van der Waals surface area (Å²) in [6.45, 7) is 4.89. The van der Waals surface area contributed by atoms with Crippen LogP contribution >= 0.6 is 12.2 Å². The maximum Gasteiger partial charge on any atom is 0.270 e. The van der Waals surface area contributed by atoms with Crippen molar-refractivity contribution in [1.29, 1.82) is 0 Å². The largest absolute Gasteiger partial charge is 0.361 e. The fourth-order valence-corrected chi connectivity index (χ4v) is 3.25. The van der Waals surface area contributed by atoms with E-state index in [9.17, 15) is 18.5 Å². The second-order valence-corrected chi connectivity index (χ2v) is 7.70. The highest BCUT2D eigenvalue weighted by molar-refractivity contribution is 7.89. The highest BCUT2D eigenvalue weighted by atomic mass is 32.2. The molecule has 140 valence electrons. The molecule has 0 saturated heterocycles. The van der Waals surface area contributed by atoms with Crippen LogP contribution < -0.4 is 15.6 Å². The molecule has 0 unspecified atom stereocenters. The molecule has 8 nitrogen and oxygen atoms in total. The van der Waals surface area contributed by atoms with Gasteiger partial charge in [-0.05, 0) is 30.6 Å². The molecule has 1 atom stereocenters. The summed E-state index contributed by atoms with van der Waals surface area (Å²) in [6.07, 6.45) is 4.36. The molecule has 0 aromatic heterocycles. The van der Waals surface area contributed by atoms with Crippen molar-refractivity contribution in [2.45, 2.75) is 44.4 Å². The van der Waals surface area contributed by atoms with Gasteiger partial charge in [-0.3, -0.25) is 15.5 Å². The van der Waals surface area contributed by atoms with E-state index in [0.29, 0.717) is 12.5 Å². The van der Waals surface area contributed by atoms with Gasteiger partial charge in [-0.1, -0.05) is 39.2 Å². The van der Waals surface area contributed by atoms with E-state index in [0.717, 1.165) is 31.7 Å². The Balaban J connectivity index is 2.56. The quantitative estimate of drug-likeness (QED) is 0.320. The number of hydrogen-bond donors (Lipinski definition) is 3. The summed E-state index contributed by atoms with van der Waals surface area (Å²) < 4.78 is 24.3. The number of rotatable bonds is 10. The minimum absolute atomic E-state index is 0.156. The fraction of sp³-hybridized carbons (Fsp3) is 0.533. The molecule has 10 heteroatoms. The van der Waals surface area contributed by atoms with Crippen molar-refractivity contribution in [2.75, 3.05) is 6.54 Å². The van der Waals surface area contributed by atoms with Gasteiger partial charge in [0.25, 0.3) is 15.7 Å². The molecule has 1 aromatic rings. The Bertz CT molecular complexity index is 695. The Morgan fingerprint density at radius 1 is 1.36 bits per heavy atom. The Hall–Kier alpha value is -1.78. The van der Waals surface area contributed by atoms with Crippen molar-refractivity contribution in [1.82, 2.24) is 15.6 Å². The van der Waals surface area contributed by atoms with Crippen LogP contribution in [0.25, 0.3) is 0 Å². The maximum absolute atomic E-state index is 12.2. The SMILES string of the molecule is CCCC[C@H](CC)CNC(=S)NNS(=O)(=O)c1cccc([N+](=O)[O-])c1. The van der Waals surface area contributed by atoms with Crippen molar-refractivity contribution in [3.05, 3.63) is 34.4 Å². The summed E-state index contributed by atoms with van der Waals surface area (Å²) in [5.74, 6) is 0.466. The third kappa shape index (κ3) is 7.32. The highest BCUT2D eigenvalue weighted by Gasteiger charge is 2.17. The average Bonchev–Trinajstić information content (AvgIpc) is 2.60. The fourth-order valence-electron chi connectivity index (χ4n) is 2.16. The summed E-state index contributed by atoms with van der Waals surface area (Å²) >= 11 is 5.06. The number of nitrogens with zero attached hydrogens (tertiary/aromatic N) is 1. The Labute approximate surface area is 153 Å². The van der Waals surface area contributed by atoms with Crippen LogP contribution in [0.4, 0.5) is 5.69 Å². The smallest absolute Gasteiger partial charge is 0.270 e.